The molecule has 0 spiro atoms. The third-order valence-electron chi connectivity index (χ3n) is 2.10. The normalized spacial score (nSPS) is 17.6. The van der Waals surface area contributed by atoms with E-state index in [0.717, 1.165) is 0 Å². The van der Waals surface area contributed by atoms with E-state index in [1.807, 2.05) is 0 Å². The lowest BCUT2D eigenvalue weighted by atomic mass is 10.4. The highest BCUT2D eigenvalue weighted by atomic mass is 31.2. The Kier molecular flexibility index (Phi) is 8.08. The lowest BCUT2D eigenvalue weighted by molar-refractivity contribution is 0.362. The van der Waals surface area contributed by atoms with Crippen LogP contribution in [0.15, 0.2) is 12.2 Å². The first-order valence-corrected chi connectivity index (χ1v) is 8.21. The molecule has 0 fully saturated rings. The van der Waals surface area contributed by atoms with Crippen LogP contribution in [0.3, 0.4) is 0 Å². The van der Waals surface area contributed by atoms with Gasteiger partial charge < -0.3 is 9.79 Å². The van der Waals surface area contributed by atoms with E-state index in [1.165, 1.54) is 19.3 Å². The molecule has 0 saturated heterocycles. The average Bonchev–Trinajstić information content (AvgIpc) is 2.69. The molecule has 2 unspecified atom stereocenters. The van der Waals surface area contributed by atoms with Crippen LogP contribution >= 0.6 is 15.6 Å². The zero-order chi connectivity index (χ0) is 12.6. The second-order valence-corrected chi connectivity index (χ2v) is 7.00. The predicted octanol–water partition coefficient (Wildman–Crippen LogP) is 2.75. The van der Waals surface area contributed by atoms with Gasteiger partial charge in [-0.3, -0.25) is 4.57 Å². The van der Waals surface area contributed by atoms with Crippen LogP contribution in [0.5, 0.6) is 0 Å². The van der Waals surface area contributed by atoms with Crippen LogP contribution in [0, 0.1) is 0 Å². The molecule has 3 N–H and O–H groups in total. The van der Waals surface area contributed by atoms with Crippen molar-refractivity contribution in [3.05, 3.63) is 12.2 Å². The third-order valence-corrected chi connectivity index (χ3v) is 5.40. The summed E-state index contributed by atoms with van der Waals surface area (Å²) in [5.41, 5.74) is 0. The molecule has 94 valence electrons. The molecule has 0 heterocycles. The largest absolute Gasteiger partial charge is 0.521 e. The van der Waals surface area contributed by atoms with Gasteiger partial charge in [0.05, 0.1) is 0 Å². The molecule has 1 aliphatic rings. The van der Waals surface area contributed by atoms with E-state index in [1.54, 1.807) is 6.92 Å². The zero-order valence-electron chi connectivity index (χ0n) is 9.32. The average molecular weight is 269 g/mol. The van der Waals surface area contributed by atoms with Crippen molar-refractivity contribution in [3.63, 3.8) is 0 Å². The molecule has 0 amide bonds. The molecule has 16 heavy (non-hydrogen) atoms. The van der Waals surface area contributed by atoms with Crippen LogP contribution in [0.2, 0.25) is 0 Å². The smallest absolute Gasteiger partial charge is 0.321 e. The highest BCUT2D eigenvalue weighted by Crippen LogP contribution is 2.53. The third kappa shape index (κ3) is 7.26. The minimum absolute atomic E-state index is 0.0793. The van der Waals surface area contributed by atoms with E-state index in [2.05, 4.69) is 12.2 Å². The maximum atomic E-state index is 10.5. The van der Waals surface area contributed by atoms with Crippen molar-refractivity contribution in [2.45, 2.75) is 44.4 Å². The summed E-state index contributed by atoms with van der Waals surface area (Å²) in [7, 11) is -7.15. The van der Waals surface area contributed by atoms with Gasteiger partial charge in [-0.15, -0.1) is 0 Å². The standard InChI is InChI=1S/C5H8.C4H10O5P2/c1-2-4-5-3-1;1-2-3-4(10(5)6)11(7,8)9/h1-2H,3-5H2;4H,2-3H2,1H3,(H2-,5,6,7,8,9)/p+1. The summed E-state index contributed by atoms with van der Waals surface area (Å²) in [6.45, 7) is 1.70. The summed E-state index contributed by atoms with van der Waals surface area (Å²) in [6.07, 6.45) is 9.06. The van der Waals surface area contributed by atoms with E-state index < -0.39 is 21.0 Å². The van der Waals surface area contributed by atoms with Crippen LogP contribution < -0.4 is 0 Å². The van der Waals surface area contributed by atoms with Gasteiger partial charge >= 0.3 is 15.6 Å². The van der Waals surface area contributed by atoms with Gasteiger partial charge in [-0.2, -0.15) is 4.89 Å². The fourth-order valence-corrected chi connectivity index (χ4v) is 3.36. The van der Waals surface area contributed by atoms with Gasteiger partial charge in [0.25, 0.3) is 5.40 Å². The number of hydrogen-bond donors (Lipinski definition) is 3. The van der Waals surface area contributed by atoms with Crippen molar-refractivity contribution in [3.8, 4) is 0 Å². The van der Waals surface area contributed by atoms with Gasteiger partial charge in [0, 0.05) is 6.42 Å². The molecule has 0 saturated carbocycles. The molecular formula is C9H19O5P2+. The molecule has 0 aromatic carbocycles. The fraction of sp³-hybridized carbons (Fsp3) is 0.778. The van der Waals surface area contributed by atoms with Crippen molar-refractivity contribution < 1.29 is 23.8 Å². The van der Waals surface area contributed by atoms with Crippen LogP contribution in [-0.4, -0.2) is 20.1 Å². The molecule has 2 atom stereocenters. The van der Waals surface area contributed by atoms with Crippen LogP contribution in [0.4, 0.5) is 0 Å². The summed E-state index contributed by atoms with van der Waals surface area (Å²) >= 11 is 0. The molecule has 0 aliphatic heterocycles. The predicted molar refractivity (Wildman–Crippen MR) is 63.6 cm³/mol. The first kappa shape index (κ1) is 16.0. The van der Waals surface area contributed by atoms with E-state index in [0.29, 0.717) is 6.42 Å². The second-order valence-electron chi connectivity index (χ2n) is 3.56. The lowest BCUT2D eigenvalue weighted by Gasteiger charge is -2.04. The monoisotopic (exact) mass is 269 g/mol. The Balaban J connectivity index is 0.000000368. The van der Waals surface area contributed by atoms with Crippen LogP contribution in [0.1, 0.15) is 39.0 Å². The van der Waals surface area contributed by atoms with Crippen molar-refractivity contribution in [2.75, 3.05) is 0 Å². The van der Waals surface area contributed by atoms with Crippen molar-refractivity contribution in [1.82, 2.24) is 0 Å². The Labute approximate surface area is 96.6 Å². The Morgan fingerprint density at radius 2 is 1.88 bits per heavy atom. The lowest BCUT2D eigenvalue weighted by Crippen LogP contribution is -2.02. The van der Waals surface area contributed by atoms with Crippen LogP contribution in [-0.2, 0) is 9.13 Å². The first-order valence-electron chi connectivity index (χ1n) is 5.25. The SMILES string of the molecule is C1=CCCC1.CCCC([P+](=O)O)P(=O)(O)O. The number of rotatable bonds is 4. The van der Waals surface area contributed by atoms with Crippen molar-refractivity contribution >= 4 is 15.6 Å². The second kappa shape index (κ2) is 8.10. The van der Waals surface area contributed by atoms with E-state index in [9.17, 15) is 9.13 Å². The molecule has 0 aromatic rings. The Morgan fingerprint density at radius 3 is 2.00 bits per heavy atom. The quantitative estimate of drug-likeness (QED) is 0.538. The summed E-state index contributed by atoms with van der Waals surface area (Å²) in [4.78, 5) is 25.6. The summed E-state index contributed by atoms with van der Waals surface area (Å²) in [5, 5.41) is -1.39. The van der Waals surface area contributed by atoms with Gasteiger partial charge in [0.2, 0.25) is 0 Å². The van der Waals surface area contributed by atoms with E-state index in [-0.39, 0.29) is 6.42 Å². The van der Waals surface area contributed by atoms with Gasteiger partial charge in [0.15, 0.2) is 0 Å². The molecule has 1 aliphatic carbocycles. The molecule has 1 rings (SSSR count). The van der Waals surface area contributed by atoms with Gasteiger partial charge in [-0.05, 0) is 23.8 Å². The van der Waals surface area contributed by atoms with Crippen molar-refractivity contribution in [2.24, 2.45) is 0 Å². The van der Waals surface area contributed by atoms with Gasteiger partial charge in [-0.1, -0.05) is 25.5 Å². The zero-order valence-corrected chi connectivity index (χ0v) is 11.1. The van der Waals surface area contributed by atoms with Crippen molar-refractivity contribution in [1.29, 1.82) is 0 Å². The summed E-state index contributed by atoms with van der Waals surface area (Å²) in [5.74, 6) is 0. The molecule has 0 radical (unpaired) electrons. The summed E-state index contributed by atoms with van der Waals surface area (Å²) < 4.78 is 20.9. The highest BCUT2D eigenvalue weighted by Gasteiger charge is 2.44. The minimum Gasteiger partial charge on any atom is -0.321 e. The molecule has 7 heteroatoms. The van der Waals surface area contributed by atoms with Gasteiger partial charge in [0.1, 0.15) is 0 Å². The highest BCUT2D eigenvalue weighted by molar-refractivity contribution is 7.65. The molecule has 5 nitrogen and oxygen atoms in total. The fourth-order valence-electron chi connectivity index (χ4n) is 1.25. The molecule has 0 bridgehead atoms. The maximum absolute atomic E-state index is 10.5. The minimum atomic E-state index is -4.38. The Morgan fingerprint density at radius 1 is 1.38 bits per heavy atom. The Hall–Kier alpha value is -0.0500. The number of allylic oxidation sites excluding steroid dienone is 2. The summed E-state index contributed by atoms with van der Waals surface area (Å²) in [6, 6.07) is 0. The van der Waals surface area contributed by atoms with Gasteiger partial charge in [-0.25, -0.2) is 0 Å². The van der Waals surface area contributed by atoms with Crippen LogP contribution in [0.25, 0.3) is 0 Å². The topological polar surface area (TPSA) is 94.8 Å². The van der Waals surface area contributed by atoms with E-state index in [4.69, 9.17) is 14.7 Å². The molecular weight excluding hydrogens is 250 g/mol. The first-order chi connectivity index (χ1) is 7.39. The Bertz CT molecular complexity index is 278. The molecule has 0 aromatic heterocycles. The maximum Gasteiger partial charge on any atom is 0.521 e. The number of hydrogen-bond acceptors (Lipinski definition) is 2. The van der Waals surface area contributed by atoms with E-state index >= 15 is 0 Å².